The van der Waals surface area contributed by atoms with Gasteiger partial charge in [0.25, 0.3) is 0 Å². The van der Waals surface area contributed by atoms with Gasteiger partial charge >= 0.3 is 0 Å². The van der Waals surface area contributed by atoms with Crippen LogP contribution in [0, 0.1) is 0 Å². The number of hydrogen-bond acceptors (Lipinski definition) is 2. The second-order valence-electron chi connectivity index (χ2n) is 6.58. The molecule has 0 spiro atoms. The summed E-state index contributed by atoms with van der Waals surface area (Å²) in [5.41, 5.74) is 3.47. The molecule has 120 valence electrons. The third kappa shape index (κ3) is 3.47. The molecule has 0 amide bonds. The van der Waals surface area contributed by atoms with Gasteiger partial charge < -0.3 is 9.30 Å². The smallest absolute Gasteiger partial charge is 0.154 e. The van der Waals surface area contributed by atoms with Gasteiger partial charge in [-0.2, -0.15) is 0 Å². The molecule has 0 radical (unpaired) electrons. The SMILES string of the molecule is C=C(c1ccccc1)c1ccc([Si](C)(C)N2CCOCC2)cc1. The third-order valence-electron chi connectivity index (χ3n) is 4.86. The van der Waals surface area contributed by atoms with Crippen molar-refractivity contribution in [2.24, 2.45) is 0 Å². The number of rotatable bonds is 4. The lowest BCUT2D eigenvalue weighted by Gasteiger charge is -2.39. The fourth-order valence-electron chi connectivity index (χ4n) is 3.19. The molecule has 1 heterocycles. The van der Waals surface area contributed by atoms with Crippen molar-refractivity contribution in [3.05, 3.63) is 72.3 Å². The minimum Gasteiger partial charge on any atom is -0.379 e. The maximum absolute atomic E-state index is 5.50. The molecule has 0 N–H and O–H groups in total. The summed E-state index contributed by atoms with van der Waals surface area (Å²) < 4.78 is 8.14. The summed E-state index contributed by atoms with van der Waals surface area (Å²) in [7, 11) is -1.59. The molecule has 1 saturated heterocycles. The summed E-state index contributed by atoms with van der Waals surface area (Å²) in [4.78, 5) is 0. The number of morpholine rings is 1. The van der Waals surface area contributed by atoms with Crippen LogP contribution in [0.2, 0.25) is 13.1 Å². The molecule has 0 aliphatic carbocycles. The van der Waals surface area contributed by atoms with E-state index < -0.39 is 8.24 Å². The number of ether oxygens (including phenoxy) is 1. The Morgan fingerprint density at radius 2 is 1.48 bits per heavy atom. The zero-order valence-electron chi connectivity index (χ0n) is 14.1. The van der Waals surface area contributed by atoms with Gasteiger partial charge in [-0.25, -0.2) is 0 Å². The first-order chi connectivity index (χ1) is 11.1. The van der Waals surface area contributed by atoms with Crippen LogP contribution in [0.5, 0.6) is 0 Å². The quantitative estimate of drug-likeness (QED) is 0.799. The van der Waals surface area contributed by atoms with E-state index in [2.05, 4.69) is 72.8 Å². The van der Waals surface area contributed by atoms with Crippen molar-refractivity contribution in [1.82, 2.24) is 4.57 Å². The van der Waals surface area contributed by atoms with Crippen LogP contribution in [0.4, 0.5) is 0 Å². The summed E-state index contributed by atoms with van der Waals surface area (Å²) in [5.74, 6) is 0. The molecule has 23 heavy (non-hydrogen) atoms. The van der Waals surface area contributed by atoms with Crippen molar-refractivity contribution in [1.29, 1.82) is 0 Å². The van der Waals surface area contributed by atoms with Crippen LogP contribution in [-0.2, 0) is 4.74 Å². The van der Waals surface area contributed by atoms with Crippen LogP contribution >= 0.6 is 0 Å². The van der Waals surface area contributed by atoms with Gasteiger partial charge in [0.1, 0.15) is 0 Å². The Kier molecular flexibility index (Phi) is 4.81. The molecule has 0 bridgehead atoms. The first kappa shape index (κ1) is 16.2. The molecule has 2 nitrogen and oxygen atoms in total. The van der Waals surface area contributed by atoms with E-state index in [0.717, 1.165) is 31.9 Å². The van der Waals surface area contributed by atoms with E-state index in [-0.39, 0.29) is 0 Å². The molecule has 2 aromatic carbocycles. The zero-order valence-corrected chi connectivity index (χ0v) is 15.1. The predicted octanol–water partition coefficient (Wildman–Crippen LogP) is 3.49. The van der Waals surface area contributed by atoms with Crippen LogP contribution in [-0.4, -0.2) is 39.1 Å². The minimum atomic E-state index is -1.59. The van der Waals surface area contributed by atoms with E-state index in [4.69, 9.17) is 4.74 Å². The molecule has 2 aromatic rings. The summed E-state index contributed by atoms with van der Waals surface area (Å²) in [6.07, 6.45) is 0. The summed E-state index contributed by atoms with van der Waals surface area (Å²) in [6.45, 7) is 12.9. The lowest BCUT2D eigenvalue weighted by molar-refractivity contribution is 0.0698. The van der Waals surface area contributed by atoms with Crippen molar-refractivity contribution in [3.8, 4) is 0 Å². The van der Waals surface area contributed by atoms with Gasteiger partial charge in [0, 0.05) is 13.1 Å². The minimum absolute atomic E-state index is 0.860. The Balaban J connectivity index is 1.80. The van der Waals surface area contributed by atoms with Crippen molar-refractivity contribution in [3.63, 3.8) is 0 Å². The van der Waals surface area contributed by atoms with Gasteiger partial charge in [-0.3, -0.25) is 0 Å². The van der Waals surface area contributed by atoms with Crippen LogP contribution in [0.25, 0.3) is 5.57 Å². The second kappa shape index (κ2) is 6.83. The van der Waals surface area contributed by atoms with E-state index in [0.29, 0.717) is 0 Å². The van der Waals surface area contributed by atoms with Crippen LogP contribution in [0.1, 0.15) is 11.1 Å². The molecular formula is C20H25NOSi. The van der Waals surface area contributed by atoms with E-state index in [9.17, 15) is 0 Å². The molecule has 1 aliphatic rings. The Hall–Kier alpha value is -1.68. The fourth-order valence-corrected chi connectivity index (χ4v) is 5.84. The van der Waals surface area contributed by atoms with Crippen molar-refractivity contribution < 1.29 is 4.74 Å². The largest absolute Gasteiger partial charge is 0.379 e. The standard InChI is InChI=1S/C20H25NOSi/c1-17(18-7-5-4-6-8-18)19-9-11-20(12-10-19)23(2,3)21-13-15-22-16-14-21/h4-12H,1,13-16H2,2-3H3. The molecular weight excluding hydrogens is 298 g/mol. The molecule has 0 aromatic heterocycles. The van der Waals surface area contributed by atoms with Crippen molar-refractivity contribution >= 4 is 19.0 Å². The summed E-state index contributed by atoms with van der Waals surface area (Å²) >= 11 is 0. The van der Waals surface area contributed by atoms with E-state index >= 15 is 0 Å². The van der Waals surface area contributed by atoms with Gasteiger partial charge in [0.05, 0.1) is 13.2 Å². The predicted molar refractivity (Wildman–Crippen MR) is 101 cm³/mol. The molecule has 0 saturated carbocycles. The Morgan fingerprint density at radius 3 is 2.09 bits per heavy atom. The van der Waals surface area contributed by atoms with Gasteiger partial charge in [0.15, 0.2) is 8.24 Å². The van der Waals surface area contributed by atoms with E-state index in [1.165, 1.54) is 16.3 Å². The van der Waals surface area contributed by atoms with Crippen LogP contribution in [0.15, 0.2) is 61.2 Å². The molecule has 1 fully saturated rings. The lowest BCUT2D eigenvalue weighted by Crippen LogP contribution is -2.60. The third-order valence-corrected chi connectivity index (χ3v) is 8.64. The Morgan fingerprint density at radius 1 is 0.913 bits per heavy atom. The van der Waals surface area contributed by atoms with Gasteiger partial charge in [-0.15, -0.1) is 0 Å². The zero-order chi connectivity index (χ0) is 16.3. The summed E-state index contributed by atoms with van der Waals surface area (Å²) in [5, 5.41) is 1.48. The molecule has 0 unspecified atom stereocenters. The van der Waals surface area contributed by atoms with E-state index in [1.54, 1.807) is 0 Å². The number of nitrogens with zero attached hydrogens (tertiary/aromatic N) is 1. The molecule has 1 aliphatic heterocycles. The molecule has 3 heteroatoms. The highest BCUT2D eigenvalue weighted by Crippen LogP contribution is 2.21. The van der Waals surface area contributed by atoms with Crippen molar-refractivity contribution in [2.45, 2.75) is 13.1 Å². The van der Waals surface area contributed by atoms with E-state index in [1.807, 2.05) is 6.07 Å². The maximum atomic E-state index is 5.50. The maximum Gasteiger partial charge on any atom is 0.154 e. The van der Waals surface area contributed by atoms with Crippen molar-refractivity contribution in [2.75, 3.05) is 26.3 Å². The number of benzene rings is 2. The highest BCUT2D eigenvalue weighted by molar-refractivity contribution is 6.87. The fraction of sp³-hybridized carbons (Fsp3) is 0.300. The van der Waals surface area contributed by atoms with Gasteiger partial charge in [0.2, 0.25) is 0 Å². The first-order valence-electron chi connectivity index (χ1n) is 8.27. The average Bonchev–Trinajstić information content (AvgIpc) is 2.63. The summed E-state index contributed by atoms with van der Waals surface area (Å²) in [6, 6.07) is 19.4. The highest BCUT2D eigenvalue weighted by atomic mass is 28.3. The number of hydrogen-bond donors (Lipinski definition) is 0. The normalized spacial score (nSPS) is 16.3. The monoisotopic (exact) mass is 323 g/mol. The Labute approximate surface area is 140 Å². The lowest BCUT2D eigenvalue weighted by atomic mass is 10.00. The van der Waals surface area contributed by atoms with Gasteiger partial charge in [-0.05, 0) is 21.9 Å². The molecule has 0 atom stereocenters. The van der Waals surface area contributed by atoms with Crippen LogP contribution in [0.3, 0.4) is 0 Å². The van der Waals surface area contributed by atoms with Crippen LogP contribution < -0.4 is 5.19 Å². The highest BCUT2D eigenvalue weighted by Gasteiger charge is 2.32. The molecule has 3 rings (SSSR count). The average molecular weight is 324 g/mol. The second-order valence-corrected chi connectivity index (χ2v) is 10.9. The Bertz CT molecular complexity index is 658. The first-order valence-corrected chi connectivity index (χ1v) is 11.2. The topological polar surface area (TPSA) is 12.5 Å². The van der Waals surface area contributed by atoms with Gasteiger partial charge in [-0.1, -0.05) is 74.3 Å².